The van der Waals surface area contributed by atoms with Crippen molar-refractivity contribution >= 4 is 11.6 Å². The summed E-state index contributed by atoms with van der Waals surface area (Å²) in [5.74, 6) is 0.588. The average molecular weight is 228 g/mol. The molecule has 0 bridgehead atoms. The molecule has 0 aliphatic rings. The highest BCUT2D eigenvalue weighted by Crippen LogP contribution is 2.06. The summed E-state index contributed by atoms with van der Waals surface area (Å²) >= 11 is 0. The van der Waals surface area contributed by atoms with Crippen LogP contribution in [0, 0.1) is 0 Å². The summed E-state index contributed by atoms with van der Waals surface area (Å²) in [5.41, 5.74) is 0. The van der Waals surface area contributed by atoms with Crippen LogP contribution >= 0.6 is 0 Å². The number of ketones is 2. The van der Waals surface area contributed by atoms with Crippen LogP contribution in [0.25, 0.3) is 0 Å². The van der Waals surface area contributed by atoms with Gasteiger partial charge in [0, 0.05) is 12.8 Å². The number of hydrogen-bond acceptors (Lipinski definition) is 2. The van der Waals surface area contributed by atoms with Gasteiger partial charge in [0.1, 0.15) is 11.6 Å². The van der Waals surface area contributed by atoms with E-state index in [2.05, 4.69) is 6.92 Å². The lowest BCUT2D eigenvalue weighted by Gasteiger charge is -1.97. The zero-order chi connectivity index (χ0) is 12.8. The number of unbranched alkanes of at least 4 members (excludes halogenated alkanes) is 5. The normalized spacial score (nSPS) is 9.25. The van der Waals surface area contributed by atoms with Gasteiger partial charge in [-0.1, -0.05) is 46.0 Å². The Morgan fingerprint density at radius 3 is 1.56 bits per heavy atom. The first-order chi connectivity index (χ1) is 7.54. The van der Waals surface area contributed by atoms with Crippen LogP contribution in [0.2, 0.25) is 0 Å². The van der Waals surface area contributed by atoms with E-state index in [1.807, 2.05) is 6.92 Å². The molecule has 96 valence electrons. The van der Waals surface area contributed by atoms with Gasteiger partial charge in [-0.15, -0.1) is 0 Å². The highest BCUT2D eigenvalue weighted by Gasteiger charge is 1.92. The summed E-state index contributed by atoms with van der Waals surface area (Å²) in [6.45, 7) is 7.32. The molecule has 0 N–H and O–H groups in total. The highest BCUT2D eigenvalue weighted by molar-refractivity contribution is 5.75. The molecule has 16 heavy (non-hydrogen) atoms. The quantitative estimate of drug-likeness (QED) is 0.580. The molecule has 0 atom stereocenters. The zero-order valence-corrected chi connectivity index (χ0v) is 11.5. The van der Waals surface area contributed by atoms with Gasteiger partial charge in [0.05, 0.1) is 0 Å². The molecular weight excluding hydrogens is 200 g/mol. The fourth-order valence-electron chi connectivity index (χ4n) is 1.15. The van der Waals surface area contributed by atoms with Crippen molar-refractivity contribution in [3.05, 3.63) is 0 Å². The molecule has 0 rings (SSSR count). The largest absolute Gasteiger partial charge is 0.300 e. The first-order valence-electron chi connectivity index (χ1n) is 6.53. The summed E-state index contributed by atoms with van der Waals surface area (Å²) in [6.07, 6.45) is 9.08. The van der Waals surface area contributed by atoms with E-state index in [1.54, 1.807) is 13.8 Å². The summed E-state index contributed by atoms with van der Waals surface area (Å²) < 4.78 is 0. The van der Waals surface area contributed by atoms with Crippen molar-refractivity contribution in [1.82, 2.24) is 0 Å². The van der Waals surface area contributed by atoms with Crippen molar-refractivity contribution in [2.75, 3.05) is 0 Å². The molecule has 0 fully saturated rings. The van der Waals surface area contributed by atoms with Gasteiger partial charge in [-0.2, -0.15) is 0 Å². The minimum Gasteiger partial charge on any atom is -0.300 e. The van der Waals surface area contributed by atoms with Crippen LogP contribution < -0.4 is 0 Å². The van der Waals surface area contributed by atoms with Crippen LogP contribution in [0.4, 0.5) is 0 Å². The molecule has 0 saturated carbocycles. The lowest BCUT2D eigenvalue weighted by molar-refractivity contribution is -0.117. The van der Waals surface area contributed by atoms with E-state index in [1.165, 1.54) is 32.1 Å². The molecule has 0 spiro atoms. The maximum atomic E-state index is 10.5. The van der Waals surface area contributed by atoms with Gasteiger partial charge in [0.15, 0.2) is 0 Å². The molecule has 0 radical (unpaired) electrons. The first kappa shape index (κ1) is 17.7. The van der Waals surface area contributed by atoms with Crippen LogP contribution in [0.5, 0.6) is 0 Å². The molecule has 0 aromatic heterocycles. The second-order valence-corrected chi connectivity index (χ2v) is 4.28. The van der Waals surface area contributed by atoms with Gasteiger partial charge < -0.3 is 9.59 Å². The minimum atomic E-state index is 0.255. The van der Waals surface area contributed by atoms with Gasteiger partial charge in [-0.05, 0) is 20.3 Å². The third-order valence-electron chi connectivity index (χ3n) is 2.38. The van der Waals surface area contributed by atoms with Crippen molar-refractivity contribution in [1.29, 1.82) is 0 Å². The Morgan fingerprint density at radius 1 is 0.750 bits per heavy atom. The Morgan fingerprint density at radius 2 is 1.19 bits per heavy atom. The van der Waals surface area contributed by atoms with Gasteiger partial charge in [-0.3, -0.25) is 0 Å². The Balaban J connectivity index is 0. The fraction of sp³-hybridized carbons (Fsp3) is 0.857. The van der Waals surface area contributed by atoms with E-state index in [0.717, 1.165) is 12.8 Å². The maximum Gasteiger partial charge on any atom is 0.129 e. The summed E-state index contributed by atoms with van der Waals surface area (Å²) in [4.78, 5) is 20.3. The molecule has 2 heteroatoms. The van der Waals surface area contributed by atoms with E-state index in [9.17, 15) is 9.59 Å². The van der Waals surface area contributed by atoms with Gasteiger partial charge in [-0.25, -0.2) is 0 Å². The number of Topliss-reactive ketones (excluding diaryl/α,β-unsaturated/α-hetero) is 2. The molecule has 0 aromatic rings. The fourth-order valence-corrected chi connectivity index (χ4v) is 1.15. The summed E-state index contributed by atoms with van der Waals surface area (Å²) in [6, 6.07) is 0. The first-order valence-corrected chi connectivity index (χ1v) is 6.53. The average Bonchev–Trinajstić information content (AvgIpc) is 2.23. The smallest absolute Gasteiger partial charge is 0.129 e. The van der Waals surface area contributed by atoms with Gasteiger partial charge in [0.25, 0.3) is 0 Å². The van der Waals surface area contributed by atoms with Crippen molar-refractivity contribution in [2.45, 2.75) is 79.1 Å². The summed E-state index contributed by atoms with van der Waals surface area (Å²) in [5, 5.41) is 0. The Labute approximate surface area is 101 Å². The topological polar surface area (TPSA) is 34.1 Å². The zero-order valence-electron chi connectivity index (χ0n) is 11.5. The third-order valence-corrected chi connectivity index (χ3v) is 2.38. The molecule has 0 amide bonds. The predicted octanol–water partition coefficient (Wildman–Crippen LogP) is 4.31. The Bertz CT molecular complexity index is 174. The van der Waals surface area contributed by atoms with Gasteiger partial charge in [0.2, 0.25) is 0 Å². The molecule has 2 nitrogen and oxygen atoms in total. The maximum absolute atomic E-state index is 10.5. The van der Waals surface area contributed by atoms with Crippen LogP contribution in [0.15, 0.2) is 0 Å². The number of rotatable bonds is 8. The van der Waals surface area contributed by atoms with Crippen LogP contribution in [0.3, 0.4) is 0 Å². The van der Waals surface area contributed by atoms with E-state index in [0.29, 0.717) is 12.2 Å². The molecule has 0 saturated heterocycles. The van der Waals surface area contributed by atoms with Crippen molar-refractivity contribution in [3.8, 4) is 0 Å². The van der Waals surface area contributed by atoms with Crippen LogP contribution in [-0.2, 0) is 9.59 Å². The van der Waals surface area contributed by atoms with E-state index in [-0.39, 0.29) is 5.78 Å². The summed E-state index contributed by atoms with van der Waals surface area (Å²) in [7, 11) is 0. The number of carbonyl (C=O) groups is 2. The second kappa shape index (κ2) is 14.3. The standard InChI is InChI=1S/C10H20O.C4H8O/c1-3-4-5-6-7-8-9-10(2)11;1-3-4(2)5/h3-9H2,1-2H3;3H2,1-2H3. The highest BCUT2D eigenvalue weighted by atomic mass is 16.1. The van der Waals surface area contributed by atoms with Crippen LogP contribution in [-0.4, -0.2) is 11.6 Å². The second-order valence-electron chi connectivity index (χ2n) is 4.28. The Kier molecular flexibility index (Phi) is 15.9. The van der Waals surface area contributed by atoms with Gasteiger partial charge >= 0.3 is 0 Å². The van der Waals surface area contributed by atoms with Crippen LogP contribution in [0.1, 0.15) is 79.1 Å². The monoisotopic (exact) mass is 228 g/mol. The molecular formula is C14H28O2. The predicted molar refractivity (Wildman–Crippen MR) is 69.6 cm³/mol. The number of carbonyl (C=O) groups excluding carboxylic acids is 2. The van der Waals surface area contributed by atoms with Crippen molar-refractivity contribution in [2.24, 2.45) is 0 Å². The minimum absolute atomic E-state index is 0.255. The number of hydrogen-bond donors (Lipinski definition) is 0. The lowest BCUT2D eigenvalue weighted by atomic mass is 10.1. The van der Waals surface area contributed by atoms with E-state index in [4.69, 9.17) is 0 Å². The van der Waals surface area contributed by atoms with E-state index < -0.39 is 0 Å². The lowest BCUT2D eigenvalue weighted by Crippen LogP contribution is -1.88. The molecule has 0 aliphatic carbocycles. The van der Waals surface area contributed by atoms with E-state index >= 15 is 0 Å². The molecule has 0 aromatic carbocycles. The molecule has 0 unspecified atom stereocenters. The third kappa shape index (κ3) is 23.3. The molecule has 0 heterocycles. The van der Waals surface area contributed by atoms with Crippen molar-refractivity contribution in [3.63, 3.8) is 0 Å². The SMILES string of the molecule is CCC(C)=O.CCCCCCCCC(C)=O. The molecule has 0 aliphatic heterocycles. The Hall–Kier alpha value is -0.660. The van der Waals surface area contributed by atoms with Crippen molar-refractivity contribution < 1.29 is 9.59 Å².